The minimum Gasteiger partial charge on any atom is -0.350 e. The zero-order chi connectivity index (χ0) is 16.4. The molecule has 4 nitrogen and oxygen atoms in total. The lowest BCUT2D eigenvalue weighted by Gasteiger charge is -2.14. The molecule has 0 unspecified atom stereocenters. The molecule has 0 fully saturated rings. The molecule has 0 aliphatic heterocycles. The fourth-order valence-corrected chi connectivity index (χ4v) is 1.74. The van der Waals surface area contributed by atoms with Gasteiger partial charge in [-0.25, -0.2) is 4.98 Å². The van der Waals surface area contributed by atoms with Gasteiger partial charge in [0, 0.05) is 6.54 Å². The van der Waals surface area contributed by atoms with Crippen LogP contribution in [0.5, 0.6) is 0 Å². The van der Waals surface area contributed by atoms with Crippen LogP contribution in [0.25, 0.3) is 0 Å². The fraction of sp³-hybridized carbons (Fsp3) is 0.250. The van der Waals surface area contributed by atoms with Gasteiger partial charge in [-0.1, -0.05) is 65.1 Å². The lowest BCUT2D eigenvalue weighted by Crippen LogP contribution is -2.19. The second-order valence-electron chi connectivity index (χ2n) is 4.14. The van der Waals surface area contributed by atoms with E-state index < -0.39 is 21.6 Å². The highest BCUT2D eigenvalue weighted by molar-refractivity contribution is 6.66. The average Bonchev–Trinajstić information content (AvgIpc) is 2.44. The Morgan fingerprint density at radius 3 is 2.05 bits per heavy atom. The summed E-state index contributed by atoms with van der Waals surface area (Å²) in [5, 5.41) is 2.65. The van der Waals surface area contributed by atoms with E-state index in [1.54, 1.807) is 24.3 Å². The Morgan fingerprint density at radius 1 is 0.909 bits per heavy atom. The van der Waals surface area contributed by atoms with Gasteiger partial charge in [0.25, 0.3) is 0 Å². The molecule has 118 valence electrons. The molecule has 1 N–H and O–H groups in total. The number of halogens is 6. The van der Waals surface area contributed by atoms with Crippen LogP contribution in [-0.4, -0.2) is 15.0 Å². The van der Waals surface area contributed by atoms with Crippen molar-refractivity contribution >= 4 is 40.8 Å². The minimum absolute atomic E-state index is 0.210. The van der Waals surface area contributed by atoms with Crippen LogP contribution in [0.15, 0.2) is 30.3 Å². The maximum Gasteiger partial charge on any atom is 0.451 e. The van der Waals surface area contributed by atoms with Gasteiger partial charge in [-0.05, 0) is 5.56 Å². The summed E-state index contributed by atoms with van der Waals surface area (Å²) in [5.41, 5.74) is 0.826. The fourth-order valence-electron chi connectivity index (χ4n) is 1.49. The number of nitrogens with one attached hydrogen (secondary N) is 1. The summed E-state index contributed by atoms with van der Waals surface area (Å²) in [4.78, 5) is 10.2. The first-order valence-corrected chi connectivity index (χ1v) is 6.98. The van der Waals surface area contributed by atoms with E-state index >= 15 is 0 Å². The molecule has 0 spiro atoms. The van der Waals surface area contributed by atoms with Gasteiger partial charge in [0.15, 0.2) is 5.82 Å². The van der Waals surface area contributed by atoms with Crippen LogP contribution >= 0.6 is 34.8 Å². The maximum atomic E-state index is 12.8. The number of alkyl halides is 6. The molecule has 22 heavy (non-hydrogen) atoms. The van der Waals surface area contributed by atoms with Crippen molar-refractivity contribution in [1.82, 2.24) is 15.0 Å². The van der Waals surface area contributed by atoms with Crippen molar-refractivity contribution in [3.63, 3.8) is 0 Å². The Kier molecular flexibility index (Phi) is 4.99. The Hall–Kier alpha value is -1.31. The highest BCUT2D eigenvalue weighted by Crippen LogP contribution is 2.37. The van der Waals surface area contributed by atoms with Gasteiger partial charge in [-0.3, -0.25) is 0 Å². The van der Waals surface area contributed by atoms with Gasteiger partial charge >= 0.3 is 6.18 Å². The van der Waals surface area contributed by atoms with Crippen LogP contribution in [-0.2, 0) is 16.5 Å². The summed E-state index contributed by atoms with van der Waals surface area (Å²) in [6.07, 6.45) is -4.78. The molecule has 0 aliphatic rings. The summed E-state index contributed by atoms with van der Waals surface area (Å²) >= 11 is 16.7. The third-order valence-corrected chi connectivity index (χ3v) is 2.94. The van der Waals surface area contributed by atoms with Crippen LogP contribution in [0.4, 0.5) is 19.1 Å². The quantitative estimate of drug-likeness (QED) is 0.816. The molecule has 0 atom stereocenters. The molecular weight excluding hydrogens is 364 g/mol. The van der Waals surface area contributed by atoms with Crippen LogP contribution in [0.2, 0.25) is 0 Å². The molecule has 0 saturated heterocycles. The van der Waals surface area contributed by atoms with Crippen LogP contribution < -0.4 is 5.32 Å². The first-order chi connectivity index (χ1) is 10.2. The topological polar surface area (TPSA) is 50.7 Å². The number of hydrogen-bond acceptors (Lipinski definition) is 4. The molecule has 1 heterocycles. The third-order valence-electron chi connectivity index (χ3n) is 2.44. The van der Waals surface area contributed by atoms with Gasteiger partial charge < -0.3 is 5.32 Å². The predicted octanol–water partition coefficient (Wildman–Crippen LogP) is 4.33. The third kappa shape index (κ3) is 4.59. The summed E-state index contributed by atoms with van der Waals surface area (Å²) in [5.74, 6) is -2.36. The van der Waals surface area contributed by atoms with E-state index in [1.165, 1.54) is 0 Å². The van der Waals surface area contributed by atoms with Crippen LogP contribution in [0.3, 0.4) is 0 Å². The number of rotatable bonds is 3. The first kappa shape index (κ1) is 17.1. The molecule has 1 aromatic carbocycles. The van der Waals surface area contributed by atoms with Crippen molar-refractivity contribution in [3.8, 4) is 0 Å². The number of hydrogen-bond donors (Lipinski definition) is 1. The predicted molar refractivity (Wildman–Crippen MR) is 77.8 cm³/mol. The standard InChI is InChI=1S/C12H8Cl3F3N4/c13-11(14,15)8-20-9(12(16,17)18)22-10(21-8)19-6-7-4-2-1-3-5-7/h1-5H,6H2,(H,19,20,21,22). The molecule has 10 heteroatoms. The molecule has 0 radical (unpaired) electrons. The summed E-state index contributed by atoms with van der Waals surface area (Å²) < 4.78 is 36.2. The minimum atomic E-state index is -4.78. The first-order valence-electron chi connectivity index (χ1n) is 5.84. The molecule has 0 saturated carbocycles. The Bertz CT molecular complexity index is 612. The highest BCUT2D eigenvalue weighted by Gasteiger charge is 2.38. The molecule has 0 amide bonds. The number of anilines is 1. The van der Waals surface area contributed by atoms with Gasteiger partial charge in [-0.2, -0.15) is 23.1 Å². The Balaban J connectivity index is 2.30. The SMILES string of the molecule is FC(F)(F)c1nc(NCc2ccccc2)nc(C(Cl)(Cl)Cl)n1. The van der Waals surface area contributed by atoms with Crippen molar-refractivity contribution in [2.24, 2.45) is 0 Å². The van der Waals surface area contributed by atoms with E-state index in [0.717, 1.165) is 5.56 Å². The van der Waals surface area contributed by atoms with Crippen molar-refractivity contribution in [1.29, 1.82) is 0 Å². The second-order valence-corrected chi connectivity index (χ2v) is 6.42. The zero-order valence-corrected chi connectivity index (χ0v) is 13.0. The zero-order valence-electron chi connectivity index (χ0n) is 10.7. The maximum absolute atomic E-state index is 12.8. The largest absolute Gasteiger partial charge is 0.451 e. The molecular formula is C12H8Cl3F3N4. The molecule has 0 bridgehead atoms. The molecule has 2 rings (SSSR count). The number of aromatic nitrogens is 3. The van der Waals surface area contributed by atoms with E-state index in [1.807, 2.05) is 6.07 Å². The Labute approximate surface area is 138 Å². The van der Waals surface area contributed by atoms with Crippen molar-refractivity contribution in [2.75, 3.05) is 5.32 Å². The molecule has 0 aliphatic carbocycles. The highest BCUT2D eigenvalue weighted by atomic mass is 35.6. The summed E-state index contributed by atoms with van der Waals surface area (Å²) in [6, 6.07) is 8.97. The van der Waals surface area contributed by atoms with E-state index in [2.05, 4.69) is 20.3 Å². The van der Waals surface area contributed by atoms with Crippen molar-refractivity contribution in [3.05, 3.63) is 47.5 Å². The molecule has 2 aromatic rings. The van der Waals surface area contributed by atoms with Crippen molar-refractivity contribution in [2.45, 2.75) is 16.5 Å². The number of nitrogens with zero attached hydrogens (tertiary/aromatic N) is 3. The second kappa shape index (κ2) is 6.44. The summed E-state index contributed by atoms with van der Waals surface area (Å²) in [6.45, 7) is 0.210. The van der Waals surface area contributed by atoms with Crippen molar-refractivity contribution < 1.29 is 13.2 Å². The van der Waals surface area contributed by atoms with E-state index in [9.17, 15) is 13.2 Å². The van der Waals surface area contributed by atoms with E-state index in [-0.39, 0.29) is 12.5 Å². The number of benzene rings is 1. The van der Waals surface area contributed by atoms with Gasteiger partial charge in [-0.15, -0.1) is 0 Å². The van der Waals surface area contributed by atoms with Gasteiger partial charge in [0.2, 0.25) is 15.6 Å². The van der Waals surface area contributed by atoms with Crippen LogP contribution in [0.1, 0.15) is 17.2 Å². The monoisotopic (exact) mass is 370 g/mol. The molecule has 1 aromatic heterocycles. The average molecular weight is 372 g/mol. The normalized spacial score (nSPS) is 12.3. The van der Waals surface area contributed by atoms with Gasteiger partial charge in [0.05, 0.1) is 0 Å². The van der Waals surface area contributed by atoms with E-state index in [0.29, 0.717) is 0 Å². The van der Waals surface area contributed by atoms with Gasteiger partial charge in [0.1, 0.15) is 0 Å². The lowest BCUT2D eigenvalue weighted by atomic mass is 10.2. The van der Waals surface area contributed by atoms with E-state index in [4.69, 9.17) is 34.8 Å². The lowest BCUT2D eigenvalue weighted by molar-refractivity contribution is -0.145. The summed E-state index contributed by atoms with van der Waals surface area (Å²) in [7, 11) is 0. The smallest absolute Gasteiger partial charge is 0.350 e. The Morgan fingerprint density at radius 2 is 1.50 bits per heavy atom. The van der Waals surface area contributed by atoms with Crippen LogP contribution in [0, 0.1) is 0 Å².